The van der Waals surface area contributed by atoms with Crippen molar-refractivity contribution in [1.82, 2.24) is 0 Å². The number of nitrogens with two attached hydrogens (primary N) is 1. The van der Waals surface area contributed by atoms with Gasteiger partial charge in [-0.2, -0.15) is 0 Å². The summed E-state index contributed by atoms with van der Waals surface area (Å²) in [7, 11) is 0. The van der Waals surface area contributed by atoms with Crippen LogP contribution in [0.15, 0.2) is 103 Å². The molecular weight excluding hydrogens is 1090 g/mol. The summed E-state index contributed by atoms with van der Waals surface area (Å²) in [4.78, 5) is 16.1. The molecule has 0 spiro atoms. The molecule has 87 heavy (non-hydrogen) atoms. The first kappa shape index (κ1) is 63.6. The molecule has 478 valence electrons. The average molecular weight is 1200 g/mol. The van der Waals surface area contributed by atoms with Gasteiger partial charge in [0.2, 0.25) is 6.29 Å². The molecule has 0 aromatic heterocycles. The molecular formula is C74H105NO12. The SMILES string of the molecule is CC1C(OCc2ccccc2)[C@H](OCc2ccccc2)CO[C@H]1O[C@H]1C(C)O[C@@H](OC2C(C)[C@@H](N)C(COCc3ccccc3)O[C@H]2OC(=O)[C@]23CCC(C)(C)CC2C2=CCC4C5(C)CC[C@H](C)C(C)(C)[C@@H]5CC[C@]4(C)[C@]2(C)CC3)C2OC(C)(C)OC21. The first-order chi connectivity index (χ1) is 41.4. The molecule has 12 rings (SSSR count). The van der Waals surface area contributed by atoms with Crippen molar-refractivity contribution in [2.24, 2.45) is 73.7 Å². The third-order valence-corrected chi connectivity index (χ3v) is 24.8. The molecule has 4 saturated carbocycles. The van der Waals surface area contributed by atoms with Crippen molar-refractivity contribution in [3.8, 4) is 0 Å². The predicted molar refractivity (Wildman–Crippen MR) is 333 cm³/mol. The maximum Gasteiger partial charge on any atom is 0.315 e. The number of allylic oxidation sites excluding steroid dienone is 2. The zero-order valence-electron chi connectivity index (χ0n) is 54.7. The lowest BCUT2D eigenvalue weighted by Crippen LogP contribution is -2.65. The lowest BCUT2D eigenvalue weighted by Gasteiger charge is -2.71. The fourth-order valence-electron chi connectivity index (χ4n) is 19.0. The molecule has 11 unspecified atom stereocenters. The summed E-state index contributed by atoms with van der Waals surface area (Å²) < 4.78 is 75.4. The molecule has 5 aliphatic carbocycles. The number of hydrogen-bond donors (Lipinski definition) is 1. The number of carbonyl (C=O) groups is 1. The molecule has 0 amide bonds. The molecule has 0 radical (unpaired) electrons. The summed E-state index contributed by atoms with van der Waals surface area (Å²) in [6.45, 7) is 32.0. The van der Waals surface area contributed by atoms with Gasteiger partial charge in [0.15, 0.2) is 18.4 Å². The lowest BCUT2D eigenvalue weighted by molar-refractivity contribution is -0.353. The largest absolute Gasteiger partial charge is 0.432 e. The van der Waals surface area contributed by atoms with Gasteiger partial charge in [0.25, 0.3) is 0 Å². The molecule has 4 saturated heterocycles. The van der Waals surface area contributed by atoms with Crippen molar-refractivity contribution in [3.63, 3.8) is 0 Å². The van der Waals surface area contributed by atoms with Gasteiger partial charge in [-0.15, -0.1) is 0 Å². The number of carbonyl (C=O) groups excluding carboxylic acids is 1. The number of benzene rings is 3. The van der Waals surface area contributed by atoms with Gasteiger partial charge in [-0.1, -0.05) is 172 Å². The van der Waals surface area contributed by atoms with Gasteiger partial charge in [-0.05, 0) is 152 Å². The Morgan fingerprint density at radius 3 is 1.92 bits per heavy atom. The summed E-state index contributed by atoms with van der Waals surface area (Å²) in [5.41, 5.74) is 11.9. The zero-order valence-corrected chi connectivity index (χ0v) is 54.7. The molecule has 4 heterocycles. The van der Waals surface area contributed by atoms with Crippen LogP contribution in [0.1, 0.15) is 171 Å². The molecule has 3 aromatic carbocycles. The van der Waals surface area contributed by atoms with Crippen LogP contribution in [0.3, 0.4) is 0 Å². The number of hydrogen-bond acceptors (Lipinski definition) is 13. The van der Waals surface area contributed by atoms with Crippen molar-refractivity contribution in [3.05, 3.63) is 119 Å². The Morgan fingerprint density at radius 1 is 0.621 bits per heavy atom. The number of fused-ring (bicyclic) bond motifs is 8. The first-order valence-electron chi connectivity index (χ1n) is 33.6. The Bertz CT molecular complexity index is 2870. The van der Waals surface area contributed by atoms with Crippen LogP contribution in [0, 0.1) is 68.0 Å². The van der Waals surface area contributed by atoms with Gasteiger partial charge in [0.05, 0.1) is 50.7 Å². The molecule has 22 atom stereocenters. The second kappa shape index (κ2) is 24.5. The van der Waals surface area contributed by atoms with Gasteiger partial charge >= 0.3 is 5.97 Å². The number of ether oxygens (including phenoxy) is 11. The summed E-state index contributed by atoms with van der Waals surface area (Å²) in [6.07, 6.45) is 5.62. The van der Waals surface area contributed by atoms with Crippen LogP contribution < -0.4 is 5.73 Å². The monoisotopic (exact) mass is 1200 g/mol. The first-order valence-corrected chi connectivity index (χ1v) is 33.6. The molecule has 3 aromatic rings. The van der Waals surface area contributed by atoms with Gasteiger partial charge < -0.3 is 57.8 Å². The Labute approximate surface area is 520 Å². The highest BCUT2D eigenvalue weighted by Gasteiger charge is 2.70. The topological polar surface area (TPSA) is 145 Å². The quantitative estimate of drug-likeness (QED) is 0.107. The summed E-state index contributed by atoms with van der Waals surface area (Å²) >= 11 is 0. The van der Waals surface area contributed by atoms with E-state index in [9.17, 15) is 0 Å². The van der Waals surface area contributed by atoms with Crippen LogP contribution in [0.2, 0.25) is 0 Å². The van der Waals surface area contributed by atoms with E-state index in [4.69, 9.17) is 57.8 Å². The molecule has 0 bridgehead atoms. The van der Waals surface area contributed by atoms with Crippen LogP contribution in [0.4, 0.5) is 0 Å². The van der Waals surface area contributed by atoms with Crippen LogP contribution >= 0.6 is 0 Å². The van der Waals surface area contributed by atoms with Crippen molar-refractivity contribution in [2.75, 3.05) is 13.2 Å². The Morgan fingerprint density at radius 2 is 1.24 bits per heavy atom. The average Bonchev–Trinajstić information content (AvgIpc) is 1.04. The number of esters is 1. The zero-order chi connectivity index (χ0) is 61.5. The maximum atomic E-state index is 16.1. The molecule has 4 aliphatic heterocycles. The fourth-order valence-corrected chi connectivity index (χ4v) is 19.0. The minimum absolute atomic E-state index is 0.0343. The lowest BCUT2D eigenvalue weighted by atomic mass is 9.33. The molecule has 13 nitrogen and oxygen atoms in total. The van der Waals surface area contributed by atoms with Gasteiger partial charge in [-0.3, -0.25) is 4.79 Å². The van der Waals surface area contributed by atoms with Crippen LogP contribution in [-0.2, 0) is 76.7 Å². The van der Waals surface area contributed by atoms with Crippen molar-refractivity contribution >= 4 is 5.97 Å². The summed E-state index contributed by atoms with van der Waals surface area (Å²) in [6, 6.07) is 29.9. The second-order valence-electron chi connectivity index (χ2n) is 31.2. The smallest absolute Gasteiger partial charge is 0.315 e. The van der Waals surface area contributed by atoms with E-state index in [1.54, 1.807) is 0 Å². The minimum atomic E-state index is -1.13. The van der Waals surface area contributed by atoms with Crippen LogP contribution in [0.5, 0.6) is 0 Å². The molecule has 8 fully saturated rings. The predicted octanol–water partition coefficient (Wildman–Crippen LogP) is 14.1. The third kappa shape index (κ3) is 11.8. The Balaban J connectivity index is 0.804. The highest BCUT2D eigenvalue weighted by Crippen LogP contribution is 2.76. The highest BCUT2D eigenvalue weighted by atomic mass is 16.8. The van der Waals surface area contributed by atoms with Crippen molar-refractivity contribution in [1.29, 1.82) is 0 Å². The van der Waals surface area contributed by atoms with E-state index in [1.807, 2.05) is 87.5 Å². The number of rotatable bonds is 16. The van der Waals surface area contributed by atoms with E-state index in [1.165, 1.54) is 31.3 Å². The third-order valence-electron chi connectivity index (χ3n) is 24.8. The molecule has 2 N–H and O–H groups in total. The maximum absolute atomic E-state index is 16.1. The van der Waals surface area contributed by atoms with Gasteiger partial charge in [-0.25, -0.2) is 0 Å². The normalized spacial score (nSPS) is 43.5. The summed E-state index contributed by atoms with van der Waals surface area (Å²) in [5, 5.41) is 0. The molecule has 9 aliphatic rings. The van der Waals surface area contributed by atoms with E-state index in [2.05, 4.69) is 99.6 Å². The van der Waals surface area contributed by atoms with Crippen molar-refractivity contribution < 1.29 is 56.9 Å². The van der Waals surface area contributed by atoms with E-state index >= 15 is 4.79 Å². The van der Waals surface area contributed by atoms with Gasteiger partial charge in [0, 0.05) is 17.9 Å². The standard InChI is InChI=1S/C74H105NO12/c1-45-31-33-71(11)56(69(45,7)8)32-34-73(13)57(71)30-29-52-53-39-68(5,6)35-37-74(53,38-36-72(52,73)12)67(76)85-65-60(46(2)58(75)54(82-65)43-77-40-49-23-17-14-18-24-49)83-66-63-62(86-70(9,10)87-63)61(48(4)81-66)84-64-47(3)59(79-42-51-27-21-16-22-28-51)55(44-80-64)78-41-50-25-19-15-20-26-50/h14-29,45-48,53-66H,30-44,75H2,1-13H3/t45-,46?,47?,48?,53?,54?,55+,56-,57?,58+,59?,60?,61-,62?,63?,64-,65-,66-,71?,72+,73-,74-/m0/s1. The minimum Gasteiger partial charge on any atom is -0.432 e. The van der Waals surface area contributed by atoms with Crippen LogP contribution in [-0.4, -0.2) is 98.7 Å². The van der Waals surface area contributed by atoms with Gasteiger partial charge in [0.1, 0.15) is 36.6 Å². The van der Waals surface area contributed by atoms with Crippen LogP contribution in [0.25, 0.3) is 0 Å². The second-order valence-corrected chi connectivity index (χ2v) is 31.2. The van der Waals surface area contributed by atoms with E-state index in [-0.39, 0.29) is 70.8 Å². The Hall–Kier alpha value is -3.57. The van der Waals surface area contributed by atoms with E-state index < -0.39 is 72.7 Å². The fraction of sp³-hybridized carbons (Fsp3) is 0.716. The Kier molecular flexibility index (Phi) is 17.9. The molecule has 13 heteroatoms. The summed E-state index contributed by atoms with van der Waals surface area (Å²) in [5.74, 6) is 0.196. The highest BCUT2D eigenvalue weighted by molar-refractivity contribution is 5.79. The van der Waals surface area contributed by atoms with E-state index in [0.717, 1.165) is 61.1 Å². The van der Waals surface area contributed by atoms with Crippen molar-refractivity contribution in [2.45, 2.75) is 254 Å². The van der Waals surface area contributed by atoms with E-state index in [0.29, 0.717) is 37.1 Å².